The quantitative estimate of drug-likeness (QED) is 0.641. The van der Waals surface area contributed by atoms with Crippen LogP contribution in [0.25, 0.3) is 0 Å². The van der Waals surface area contributed by atoms with Crippen molar-refractivity contribution in [1.29, 1.82) is 0 Å². The molecule has 0 spiro atoms. The van der Waals surface area contributed by atoms with E-state index in [0.29, 0.717) is 18.7 Å². The van der Waals surface area contributed by atoms with Crippen molar-refractivity contribution in [3.05, 3.63) is 52.1 Å². The third-order valence-corrected chi connectivity index (χ3v) is 3.14. The molecule has 1 amide bonds. The highest BCUT2D eigenvalue weighted by Crippen LogP contribution is 2.30. The maximum Gasteiger partial charge on any atom is 0.333 e. The van der Waals surface area contributed by atoms with Gasteiger partial charge in [0.15, 0.2) is 0 Å². The molecule has 0 N–H and O–H groups in total. The number of non-ortho nitro benzene ring substituents is 1. The van der Waals surface area contributed by atoms with Crippen LogP contribution in [0.3, 0.4) is 0 Å². The number of nitro groups is 1. The largest absolute Gasteiger partial charge is 0.333 e. The fraction of sp³-hybridized carbons (Fsp3) is 0.231. The van der Waals surface area contributed by atoms with Crippen LogP contribution in [-0.4, -0.2) is 27.1 Å². The van der Waals surface area contributed by atoms with E-state index >= 15 is 0 Å². The summed E-state index contributed by atoms with van der Waals surface area (Å²) in [6.07, 6.45) is 5.14. The maximum atomic E-state index is 12.4. The molecule has 0 radical (unpaired) electrons. The minimum Gasteiger partial charge on any atom is -0.292 e. The molecule has 110 valence electrons. The lowest BCUT2D eigenvalue weighted by atomic mass is 10.2. The number of hydrogen-bond acceptors (Lipinski definition) is 4. The van der Waals surface area contributed by atoms with Gasteiger partial charge < -0.3 is 0 Å². The van der Waals surface area contributed by atoms with Gasteiger partial charge in [0.25, 0.3) is 5.69 Å². The van der Waals surface area contributed by atoms with Gasteiger partial charge in [0.2, 0.25) is 0 Å². The van der Waals surface area contributed by atoms with Crippen LogP contribution in [-0.2, 0) is 0 Å². The minimum absolute atomic E-state index is 0.115. The third-order valence-electron chi connectivity index (χ3n) is 2.84. The molecule has 0 fully saturated rings. The number of carbonyl (C=O) groups is 1. The SMILES string of the molecule is CCCN(C(=O)n1ccnc1)c1ccc([N+](=O)[O-])cc1Cl. The summed E-state index contributed by atoms with van der Waals surface area (Å²) in [4.78, 5) is 27.9. The van der Waals surface area contributed by atoms with Gasteiger partial charge in [-0.05, 0) is 12.5 Å². The molecular formula is C13H13ClN4O3. The Morgan fingerprint density at radius 2 is 2.29 bits per heavy atom. The van der Waals surface area contributed by atoms with E-state index in [1.165, 1.54) is 46.4 Å². The molecule has 0 bridgehead atoms. The Bertz CT molecular complexity index is 657. The molecule has 0 unspecified atom stereocenters. The molecule has 0 aliphatic heterocycles. The highest BCUT2D eigenvalue weighted by Gasteiger charge is 2.20. The van der Waals surface area contributed by atoms with Gasteiger partial charge in [-0.3, -0.25) is 19.6 Å². The van der Waals surface area contributed by atoms with Crippen molar-refractivity contribution < 1.29 is 9.72 Å². The number of anilines is 1. The van der Waals surface area contributed by atoms with E-state index < -0.39 is 4.92 Å². The van der Waals surface area contributed by atoms with E-state index in [1.54, 1.807) is 0 Å². The number of nitrogens with zero attached hydrogens (tertiary/aromatic N) is 4. The molecule has 0 aliphatic rings. The number of aromatic nitrogens is 2. The molecule has 0 saturated heterocycles. The first-order chi connectivity index (χ1) is 10.0. The zero-order valence-corrected chi connectivity index (χ0v) is 12.0. The first-order valence-corrected chi connectivity index (χ1v) is 6.66. The molecule has 8 heteroatoms. The van der Waals surface area contributed by atoms with Gasteiger partial charge in [0, 0.05) is 31.1 Å². The Morgan fingerprint density at radius 1 is 1.52 bits per heavy atom. The smallest absolute Gasteiger partial charge is 0.292 e. The fourth-order valence-corrected chi connectivity index (χ4v) is 2.16. The molecule has 0 aliphatic carbocycles. The lowest BCUT2D eigenvalue weighted by Crippen LogP contribution is -2.35. The highest BCUT2D eigenvalue weighted by atomic mass is 35.5. The van der Waals surface area contributed by atoms with Crippen LogP contribution in [0.4, 0.5) is 16.2 Å². The van der Waals surface area contributed by atoms with Crippen molar-refractivity contribution in [3.63, 3.8) is 0 Å². The van der Waals surface area contributed by atoms with E-state index in [4.69, 9.17) is 11.6 Å². The Morgan fingerprint density at radius 3 is 2.81 bits per heavy atom. The van der Waals surface area contributed by atoms with Gasteiger partial charge in [0.1, 0.15) is 6.33 Å². The maximum absolute atomic E-state index is 12.4. The summed E-state index contributed by atoms with van der Waals surface area (Å²) >= 11 is 6.09. The molecule has 1 heterocycles. The summed E-state index contributed by atoms with van der Waals surface area (Å²) in [6.45, 7) is 2.36. The third kappa shape index (κ3) is 3.19. The average Bonchev–Trinajstić information content (AvgIpc) is 2.98. The molecule has 1 aromatic carbocycles. The van der Waals surface area contributed by atoms with Crippen molar-refractivity contribution in [1.82, 2.24) is 9.55 Å². The van der Waals surface area contributed by atoms with E-state index in [2.05, 4.69) is 4.98 Å². The average molecular weight is 309 g/mol. The molecule has 1 aromatic heterocycles. The first kappa shape index (κ1) is 15.0. The highest BCUT2D eigenvalue weighted by molar-refractivity contribution is 6.34. The monoisotopic (exact) mass is 308 g/mol. The Hall–Kier alpha value is -2.41. The van der Waals surface area contributed by atoms with Crippen molar-refractivity contribution in [2.45, 2.75) is 13.3 Å². The minimum atomic E-state index is -0.530. The van der Waals surface area contributed by atoms with Gasteiger partial charge in [0.05, 0.1) is 15.6 Å². The molecular weight excluding hydrogens is 296 g/mol. The number of amides is 1. The number of hydrogen-bond donors (Lipinski definition) is 0. The Labute approximate surface area is 125 Å². The van der Waals surface area contributed by atoms with Crippen LogP contribution in [0.5, 0.6) is 0 Å². The topological polar surface area (TPSA) is 81.3 Å². The van der Waals surface area contributed by atoms with Crippen molar-refractivity contribution in [3.8, 4) is 0 Å². The lowest BCUT2D eigenvalue weighted by molar-refractivity contribution is -0.384. The van der Waals surface area contributed by atoms with Crippen LogP contribution in [0.2, 0.25) is 5.02 Å². The van der Waals surface area contributed by atoms with Crippen LogP contribution < -0.4 is 4.90 Å². The van der Waals surface area contributed by atoms with Crippen LogP contribution >= 0.6 is 11.6 Å². The van der Waals surface area contributed by atoms with Crippen LogP contribution in [0.15, 0.2) is 36.9 Å². The second-order valence-electron chi connectivity index (χ2n) is 4.30. The molecule has 0 atom stereocenters. The van der Waals surface area contributed by atoms with E-state index in [1.807, 2.05) is 6.92 Å². The number of imidazole rings is 1. The van der Waals surface area contributed by atoms with Gasteiger partial charge in [-0.15, -0.1) is 0 Å². The normalized spacial score (nSPS) is 10.4. The second-order valence-corrected chi connectivity index (χ2v) is 4.70. The van der Waals surface area contributed by atoms with Crippen molar-refractivity contribution in [2.75, 3.05) is 11.4 Å². The van der Waals surface area contributed by atoms with E-state index in [9.17, 15) is 14.9 Å². The van der Waals surface area contributed by atoms with Crippen molar-refractivity contribution >= 4 is 29.0 Å². The zero-order valence-electron chi connectivity index (χ0n) is 11.3. The zero-order chi connectivity index (χ0) is 15.4. The van der Waals surface area contributed by atoms with Crippen molar-refractivity contribution in [2.24, 2.45) is 0 Å². The summed E-state index contributed by atoms with van der Waals surface area (Å²) < 4.78 is 1.33. The van der Waals surface area contributed by atoms with Gasteiger partial charge >= 0.3 is 6.03 Å². The summed E-state index contributed by atoms with van der Waals surface area (Å²) in [5.41, 5.74) is 0.318. The number of nitro benzene ring substituents is 1. The summed E-state index contributed by atoms with van der Waals surface area (Å²) in [5, 5.41) is 10.9. The second kappa shape index (κ2) is 6.36. The summed E-state index contributed by atoms with van der Waals surface area (Å²) in [6, 6.07) is 3.72. The molecule has 2 aromatic rings. The number of rotatable bonds is 4. The van der Waals surface area contributed by atoms with Crippen LogP contribution in [0.1, 0.15) is 13.3 Å². The predicted octanol–water partition coefficient (Wildman–Crippen LogP) is 3.33. The summed E-state index contributed by atoms with van der Waals surface area (Å²) in [5.74, 6) is 0. The molecule has 2 rings (SSSR count). The predicted molar refractivity (Wildman–Crippen MR) is 78.8 cm³/mol. The lowest BCUT2D eigenvalue weighted by Gasteiger charge is -2.23. The first-order valence-electron chi connectivity index (χ1n) is 6.28. The number of carbonyl (C=O) groups excluding carboxylic acids is 1. The summed E-state index contributed by atoms with van der Waals surface area (Å²) in [7, 11) is 0. The van der Waals surface area contributed by atoms with Crippen LogP contribution in [0, 0.1) is 10.1 Å². The van der Waals surface area contributed by atoms with Gasteiger partial charge in [-0.25, -0.2) is 9.78 Å². The number of halogens is 1. The van der Waals surface area contributed by atoms with Gasteiger partial charge in [-0.2, -0.15) is 0 Å². The molecule has 7 nitrogen and oxygen atoms in total. The Balaban J connectivity index is 2.38. The number of benzene rings is 1. The fourth-order valence-electron chi connectivity index (χ4n) is 1.88. The standard InChI is InChI=1S/C13H13ClN4O3/c1-2-6-17(13(19)16-7-5-15-9-16)12-4-3-10(18(20)21)8-11(12)14/h3-5,7-9H,2,6H2,1H3. The molecule has 21 heavy (non-hydrogen) atoms. The molecule has 0 saturated carbocycles. The van der Waals surface area contributed by atoms with Gasteiger partial charge in [-0.1, -0.05) is 18.5 Å². The van der Waals surface area contributed by atoms with E-state index in [0.717, 1.165) is 0 Å². The van der Waals surface area contributed by atoms with E-state index in [-0.39, 0.29) is 16.7 Å². The Kier molecular flexibility index (Phi) is 4.54.